The third-order valence-corrected chi connectivity index (χ3v) is 3.20. The summed E-state index contributed by atoms with van der Waals surface area (Å²) in [5.41, 5.74) is 8.45. The van der Waals surface area contributed by atoms with Crippen LogP contribution in [0.1, 0.15) is 17.3 Å². The molecule has 0 bridgehead atoms. The fourth-order valence-corrected chi connectivity index (χ4v) is 2.14. The molecule has 0 aliphatic heterocycles. The van der Waals surface area contributed by atoms with Gasteiger partial charge in [-0.25, -0.2) is 9.18 Å². The van der Waals surface area contributed by atoms with E-state index in [-0.39, 0.29) is 5.82 Å². The van der Waals surface area contributed by atoms with E-state index < -0.39 is 5.97 Å². The lowest BCUT2D eigenvalue weighted by molar-refractivity contribution is 0.0601. The molecule has 0 saturated carbocycles. The number of ether oxygens (including phenoxy) is 1. The number of nitrogens with zero attached hydrogens (tertiary/aromatic N) is 1. The first-order chi connectivity index (χ1) is 10.1. The highest BCUT2D eigenvalue weighted by Crippen LogP contribution is 2.31. The molecule has 0 aliphatic carbocycles. The zero-order chi connectivity index (χ0) is 15.4. The Hall–Kier alpha value is -2.56. The van der Waals surface area contributed by atoms with Crippen LogP contribution in [0.2, 0.25) is 0 Å². The van der Waals surface area contributed by atoms with Crippen LogP contribution >= 0.6 is 0 Å². The molecule has 0 radical (unpaired) electrons. The maximum Gasteiger partial charge on any atom is 0.337 e. The summed E-state index contributed by atoms with van der Waals surface area (Å²) in [5, 5.41) is 0. The van der Waals surface area contributed by atoms with E-state index in [1.807, 2.05) is 11.8 Å². The average molecular weight is 288 g/mol. The van der Waals surface area contributed by atoms with E-state index in [2.05, 4.69) is 0 Å². The van der Waals surface area contributed by atoms with Gasteiger partial charge in [-0.2, -0.15) is 0 Å². The van der Waals surface area contributed by atoms with Gasteiger partial charge in [-0.05, 0) is 49.4 Å². The number of esters is 1. The van der Waals surface area contributed by atoms with Crippen molar-refractivity contribution in [1.29, 1.82) is 0 Å². The number of nitrogens with two attached hydrogens (primary N) is 1. The van der Waals surface area contributed by atoms with Crippen LogP contribution in [0.3, 0.4) is 0 Å². The van der Waals surface area contributed by atoms with Crippen molar-refractivity contribution in [3.05, 3.63) is 53.8 Å². The molecule has 2 N–H and O–H groups in total. The van der Waals surface area contributed by atoms with E-state index in [4.69, 9.17) is 10.5 Å². The van der Waals surface area contributed by atoms with Crippen LogP contribution in [-0.4, -0.2) is 19.6 Å². The number of carbonyl (C=O) groups excluding carboxylic acids is 1. The molecular formula is C16H17FN2O2. The first kappa shape index (κ1) is 14.8. The van der Waals surface area contributed by atoms with E-state index in [1.54, 1.807) is 30.3 Å². The molecule has 2 aromatic rings. The number of benzene rings is 2. The second kappa shape index (κ2) is 6.26. The predicted octanol–water partition coefficient (Wildman–Crippen LogP) is 3.35. The highest BCUT2D eigenvalue weighted by Gasteiger charge is 2.14. The number of nitrogen functional groups attached to an aromatic ring is 1. The van der Waals surface area contributed by atoms with E-state index in [9.17, 15) is 9.18 Å². The molecule has 0 saturated heterocycles. The molecule has 2 aromatic carbocycles. The Morgan fingerprint density at radius 3 is 2.48 bits per heavy atom. The predicted molar refractivity (Wildman–Crippen MR) is 81.3 cm³/mol. The minimum Gasteiger partial charge on any atom is -0.465 e. The van der Waals surface area contributed by atoms with E-state index in [0.29, 0.717) is 23.5 Å². The topological polar surface area (TPSA) is 55.6 Å². The third kappa shape index (κ3) is 3.13. The first-order valence-corrected chi connectivity index (χ1v) is 6.57. The monoisotopic (exact) mass is 288 g/mol. The number of rotatable bonds is 4. The first-order valence-electron chi connectivity index (χ1n) is 6.57. The number of hydrogen-bond donors (Lipinski definition) is 1. The summed E-state index contributed by atoms with van der Waals surface area (Å²) < 4.78 is 17.8. The lowest BCUT2D eigenvalue weighted by Crippen LogP contribution is -2.18. The summed E-state index contributed by atoms with van der Waals surface area (Å²) in [4.78, 5) is 13.5. The van der Waals surface area contributed by atoms with Crippen LogP contribution in [-0.2, 0) is 4.74 Å². The van der Waals surface area contributed by atoms with Crippen molar-refractivity contribution >= 4 is 23.0 Å². The van der Waals surface area contributed by atoms with Crippen molar-refractivity contribution in [3.8, 4) is 0 Å². The second-order valence-electron chi connectivity index (χ2n) is 4.49. The molecule has 0 aromatic heterocycles. The van der Waals surface area contributed by atoms with Gasteiger partial charge in [0, 0.05) is 12.2 Å². The number of halogens is 1. The van der Waals surface area contributed by atoms with Gasteiger partial charge in [0.2, 0.25) is 0 Å². The zero-order valence-electron chi connectivity index (χ0n) is 12.0. The Labute approximate surface area is 122 Å². The average Bonchev–Trinajstić information content (AvgIpc) is 2.50. The quantitative estimate of drug-likeness (QED) is 0.692. The zero-order valence-corrected chi connectivity index (χ0v) is 12.0. The minimum atomic E-state index is -0.425. The normalized spacial score (nSPS) is 10.2. The Morgan fingerprint density at radius 1 is 1.24 bits per heavy atom. The number of anilines is 3. The van der Waals surface area contributed by atoms with Crippen molar-refractivity contribution in [1.82, 2.24) is 0 Å². The molecule has 0 amide bonds. The van der Waals surface area contributed by atoms with Crippen molar-refractivity contribution < 1.29 is 13.9 Å². The summed E-state index contributed by atoms with van der Waals surface area (Å²) in [5.74, 6) is -0.725. The molecule has 0 unspecified atom stereocenters. The Balaban J connectivity index is 2.46. The van der Waals surface area contributed by atoms with Crippen molar-refractivity contribution in [2.75, 3.05) is 24.3 Å². The van der Waals surface area contributed by atoms with E-state index in [0.717, 1.165) is 5.69 Å². The van der Waals surface area contributed by atoms with E-state index in [1.165, 1.54) is 19.2 Å². The number of hydrogen-bond acceptors (Lipinski definition) is 4. The SMILES string of the molecule is CCN(c1ccc(F)cc1)c1cc(C(=O)OC)ccc1N. The van der Waals surface area contributed by atoms with Gasteiger partial charge in [0.05, 0.1) is 24.0 Å². The maximum absolute atomic E-state index is 13.0. The van der Waals surface area contributed by atoms with Gasteiger partial charge in [0.15, 0.2) is 0 Å². The summed E-state index contributed by atoms with van der Waals surface area (Å²) in [6.45, 7) is 2.58. The molecule has 0 fully saturated rings. The minimum absolute atomic E-state index is 0.300. The molecular weight excluding hydrogens is 271 g/mol. The summed E-state index contributed by atoms with van der Waals surface area (Å²) in [7, 11) is 1.33. The highest BCUT2D eigenvalue weighted by atomic mass is 19.1. The van der Waals surface area contributed by atoms with Crippen LogP contribution in [0.15, 0.2) is 42.5 Å². The molecule has 4 nitrogen and oxygen atoms in total. The molecule has 0 atom stereocenters. The van der Waals surface area contributed by atoms with Crippen LogP contribution in [0.5, 0.6) is 0 Å². The van der Waals surface area contributed by atoms with Gasteiger partial charge in [-0.15, -0.1) is 0 Å². The Morgan fingerprint density at radius 2 is 1.90 bits per heavy atom. The molecule has 2 rings (SSSR count). The standard InChI is InChI=1S/C16H17FN2O2/c1-3-19(13-7-5-12(17)6-8-13)15-10-11(16(20)21-2)4-9-14(15)18/h4-10H,3,18H2,1-2H3. The van der Waals surface area contributed by atoms with E-state index >= 15 is 0 Å². The molecule has 21 heavy (non-hydrogen) atoms. The summed E-state index contributed by atoms with van der Waals surface area (Å²) in [6.07, 6.45) is 0. The molecule has 0 heterocycles. The van der Waals surface area contributed by atoms with Gasteiger partial charge < -0.3 is 15.4 Å². The van der Waals surface area contributed by atoms with Crippen LogP contribution in [0.4, 0.5) is 21.5 Å². The highest BCUT2D eigenvalue weighted by molar-refractivity contribution is 5.92. The molecule has 110 valence electrons. The van der Waals surface area contributed by atoms with Crippen molar-refractivity contribution in [2.45, 2.75) is 6.92 Å². The summed E-state index contributed by atoms with van der Waals surface area (Å²) in [6, 6.07) is 11.1. The number of methoxy groups -OCH3 is 1. The largest absolute Gasteiger partial charge is 0.465 e. The fraction of sp³-hybridized carbons (Fsp3) is 0.188. The Kier molecular flexibility index (Phi) is 4.42. The van der Waals surface area contributed by atoms with Crippen molar-refractivity contribution in [2.24, 2.45) is 0 Å². The molecule has 5 heteroatoms. The van der Waals surface area contributed by atoms with Gasteiger partial charge in [-0.1, -0.05) is 0 Å². The fourth-order valence-electron chi connectivity index (χ4n) is 2.14. The molecule has 0 spiro atoms. The van der Waals surface area contributed by atoms with Gasteiger partial charge in [0.25, 0.3) is 0 Å². The second-order valence-corrected chi connectivity index (χ2v) is 4.49. The lowest BCUT2D eigenvalue weighted by Gasteiger charge is -2.25. The summed E-state index contributed by atoms with van der Waals surface area (Å²) >= 11 is 0. The number of carbonyl (C=O) groups is 1. The van der Waals surface area contributed by atoms with Crippen LogP contribution in [0.25, 0.3) is 0 Å². The van der Waals surface area contributed by atoms with Gasteiger partial charge in [-0.3, -0.25) is 0 Å². The van der Waals surface area contributed by atoms with Crippen molar-refractivity contribution in [3.63, 3.8) is 0 Å². The van der Waals surface area contributed by atoms with Crippen LogP contribution < -0.4 is 10.6 Å². The van der Waals surface area contributed by atoms with Gasteiger partial charge >= 0.3 is 5.97 Å². The maximum atomic E-state index is 13.0. The Bertz CT molecular complexity index is 641. The molecule has 0 aliphatic rings. The third-order valence-electron chi connectivity index (χ3n) is 3.20. The smallest absolute Gasteiger partial charge is 0.337 e. The lowest BCUT2D eigenvalue weighted by atomic mass is 10.1. The van der Waals surface area contributed by atoms with Crippen LogP contribution in [0, 0.1) is 5.82 Å². The van der Waals surface area contributed by atoms with Gasteiger partial charge in [0.1, 0.15) is 5.82 Å².